The van der Waals surface area contributed by atoms with E-state index < -0.39 is 9.84 Å². The van der Waals surface area contributed by atoms with Gasteiger partial charge in [-0.05, 0) is 26.2 Å². The highest BCUT2D eigenvalue weighted by Gasteiger charge is 2.37. The van der Waals surface area contributed by atoms with E-state index in [0.717, 1.165) is 37.3 Å². The lowest BCUT2D eigenvalue weighted by atomic mass is 9.94. The Hall–Kier alpha value is -1.37. The normalized spacial score (nSPS) is 21.5. The molecule has 3 rings (SSSR count). The zero-order chi connectivity index (χ0) is 15.9. The number of fused-ring (bicyclic) bond motifs is 1. The highest BCUT2D eigenvalue weighted by molar-refractivity contribution is 7.90. The van der Waals surface area contributed by atoms with Crippen LogP contribution >= 0.6 is 0 Å². The molecule has 0 N–H and O–H groups in total. The van der Waals surface area contributed by atoms with E-state index in [0.29, 0.717) is 13.0 Å². The molecule has 0 saturated heterocycles. The number of aryl methyl sites for hydroxylation is 1. The average molecular weight is 325 g/mol. The Balaban J connectivity index is 1.69. The van der Waals surface area contributed by atoms with Gasteiger partial charge in [0.25, 0.3) is 0 Å². The number of nitrogens with zero attached hydrogens (tertiary/aromatic N) is 3. The summed E-state index contributed by atoms with van der Waals surface area (Å²) >= 11 is 0. The third-order valence-electron chi connectivity index (χ3n) is 4.62. The van der Waals surface area contributed by atoms with Crippen molar-refractivity contribution in [2.75, 3.05) is 18.6 Å². The smallest absolute Gasteiger partial charge is 0.226 e. The fourth-order valence-electron chi connectivity index (χ4n) is 3.19. The van der Waals surface area contributed by atoms with E-state index >= 15 is 0 Å². The van der Waals surface area contributed by atoms with Gasteiger partial charge in [0, 0.05) is 49.6 Å². The molecule has 7 heteroatoms. The molecule has 0 spiro atoms. The topological polar surface area (TPSA) is 72.3 Å². The Bertz CT molecular complexity index is 676. The summed E-state index contributed by atoms with van der Waals surface area (Å²) in [5.74, 6) is 1.14. The minimum absolute atomic E-state index is 0.0382. The predicted molar refractivity (Wildman–Crippen MR) is 83.2 cm³/mol. The molecule has 1 saturated carbocycles. The number of sulfone groups is 1. The van der Waals surface area contributed by atoms with Crippen LogP contribution in [-0.4, -0.2) is 53.4 Å². The van der Waals surface area contributed by atoms with E-state index in [-0.39, 0.29) is 23.6 Å². The second-order valence-electron chi connectivity index (χ2n) is 6.53. The van der Waals surface area contributed by atoms with Crippen LogP contribution < -0.4 is 0 Å². The van der Waals surface area contributed by atoms with Crippen LogP contribution in [0, 0.1) is 12.8 Å². The van der Waals surface area contributed by atoms with Crippen LogP contribution in [0.3, 0.4) is 0 Å². The van der Waals surface area contributed by atoms with Crippen LogP contribution in [0.1, 0.15) is 30.8 Å². The number of imidazole rings is 1. The Kier molecular flexibility index (Phi) is 4.01. The van der Waals surface area contributed by atoms with Gasteiger partial charge in [-0.25, -0.2) is 13.4 Å². The Morgan fingerprint density at radius 2 is 2.14 bits per heavy atom. The predicted octanol–water partition coefficient (Wildman–Crippen LogP) is 0.790. The summed E-state index contributed by atoms with van der Waals surface area (Å²) in [4.78, 5) is 18.9. The summed E-state index contributed by atoms with van der Waals surface area (Å²) in [6.07, 6.45) is 6.60. The highest BCUT2D eigenvalue weighted by atomic mass is 32.2. The molecule has 22 heavy (non-hydrogen) atoms. The van der Waals surface area contributed by atoms with Gasteiger partial charge >= 0.3 is 0 Å². The van der Waals surface area contributed by atoms with E-state index in [1.165, 1.54) is 6.26 Å². The molecule has 1 atom stereocenters. The van der Waals surface area contributed by atoms with E-state index in [9.17, 15) is 13.2 Å². The van der Waals surface area contributed by atoms with Gasteiger partial charge in [0.1, 0.15) is 15.7 Å². The van der Waals surface area contributed by atoms with E-state index in [2.05, 4.69) is 9.55 Å². The summed E-state index contributed by atoms with van der Waals surface area (Å²) in [5, 5.41) is 0. The molecule has 1 aromatic rings. The minimum atomic E-state index is -3.04. The maximum Gasteiger partial charge on any atom is 0.226 e. The lowest BCUT2D eigenvalue weighted by Crippen LogP contribution is -2.42. The van der Waals surface area contributed by atoms with Crippen molar-refractivity contribution in [2.45, 2.75) is 45.2 Å². The number of hydrogen-bond acceptors (Lipinski definition) is 4. The fraction of sp³-hybridized carbons (Fsp3) is 0.733. The summed E-state index contributed by atoms with van der Waals surface area (Å²) < 4.78 is 25.0. The molecule has 0 aromatic carbocycles. The molecule has 1 aliphatic heterocycles. The van der Waals surface area contributed by atoms with Crippen LogP contribution in [0.2, 0.25) is 0 Å². The molecule has 0 bridgehead atoms. The maximum atomic E-state index is 12.8. The molecule has 1 amide bonds. The average Bonchev–Trinajstić information content (AvgIpc) is 3.22. The molecule has 1 aromatic heterocycles. The van der Waals surface area contributed by atoms with Crippen molar-refractivity contribution in [3.05, 3.63) is 17.7 Å². The minimum Gasteiger partial charge on any atom is -0.338 e. The molecule has 0 radical (unpaired) electrons. The van der Waals surface area contributed by atoms with Gasteiger partial charge in [-0.2, -0.15) is 0 Å². The first-order valence-corrected chi connectivity index (χ1v) is 9.90. The van der Waals surface area contributed by atoms with Crippen molar-refractivity contribution >= 4 is 15.7 Å². The van der Waals surface area contributed by atoms with Crippen molar-refractivity contribution in [3.63, 3.8) is 0 Å². The van der Waals surface area contributed by atoms with Crippen molar-refractivity contribution in [3.8, 4) is 0 Å². The standard InChI is InChI=1S/C15H23N3O3S/c1-11-16-10-14-9-12(5-6-17(11)14)15(19)18(13-3-4-13)7-8-22(2,20)21/h10,12-13H,3-9H2,1-2H3. The van der Waals surface area contributed by atoms with Crippen molar-refractivity contribution in [1.82, 2.24) is 14.5 Å². The van der Waals surface area contributed by atoms with Crippen molar-refractivity contribution in [1.29, 1.82) is 0 Å². The quantitative estimate of drug-likeness (QED) is 0.802. The summed E-state index contributed by atoms with van der Waals surface area (Å²) in [7, 11) is -3.04. The highest BCUT2D eigenvalue weighted by Crippen LogP contribution is 2.31. The van der Waals surface area contributed by atoms with Gasteiger partial charge in [0.05, 0.1) is 5.75 Å². The van der Waals surface area contributed by atoms with Crippen LogP contribution in [0.5, 0.6) is 0 Å². The summed E-state index contributed by atoms with van der Waals surface area (Å²) in [5.41, 5.74) is 1.11. The van der Waals surface area contributed by atoms with Crippen LogP contribution in [0.15, 0.2) is 6.20 Å². The zero-order valence-corrected chi connectivity index (χ0v) is 14.0. The summed E-state index contributed by atoms with van der Waals surface area (Å²) in [6.45, 7) is 3.13. The molecule has 1 aliphatic carbocycles. The number of carbonyl (C=O) groups excluding carboxylic acids is 1. The molecular formula is C15H23N3O3S. The van der Waals surface area contributed by atoms with Crippen LogP contribution in [-0.2, 0) is 27.6 Å². The molecular weight excluding hydrogens is 302 g/mol. The monoisotopic (exact) mass is 325 g/mol. The van der Waals surface area contributed by atoms with E-state index in [1.54, 1.807) is 0 Å². The lowest BCUT2D eigenvalue weighted by molar-refractivity contribution is -0.136. The Morgan fingerprint density at radius 1 is 1.41 bits per heavy atom. The second kappa shape index (κ2) is 5.68. The number of hydrogen-bond donors (Lipinski definition) is 0. The molecule has 2 aliphatic rings. The lowest BCUT2D eigenvalue weighted by Gasteiger charge is -2.30. The molecule has 2 heterocycles. The largest absolute Gasteiger partial charge is 0.338 e. The van der Waals surface area contributed by atoms with Gasteiger partial charge in [-0.1, -0.05) is 0 Å². The fourth-order valence-corrected chi connectivity index (χ4v) is 3.72. The van der Waals surface area contributed by atoms with Gasteiger partial charge in [-0.15, -0.1) is 0 Å². The molecule has 122 valence electrons. The molecule has 6 nitrogen and oxygen atoms in total. The first-order valence-electron chi connectivity index (χ1n) is 7.84. The van der Waals surface area contributed by atoms with E-state index in [4.69, 9.17) is 0 Å². The van der Waals surface area contributed by atoms with E-state index in [1.807, 2.05) is 18.0 Å². The number of aromatic nitrogens is 2. The number of rotatable bonds is 5. The zero-order valence-electron chi connectivity index (χ0n) is 13.2. The van der Waals surface area contributed by atoms with Gasteiger partial charge < -0.3 is 9.47 Å². The molecule has 1 unspecified atom stereocenters. The third kappa shape index (κ3) is 3.34. The van der Waals surface area contributed by atoms with Gasteiger partial charge in [0.2, 0.25) is 5.91 Å². The Labute approximate surface area is 131 Å². The first-order chi connectivity index (χ1) is 10.3. The van der Waals surface area contributed by atoms with Crippen molar-refractivity contribution < 1.29 is 13.2 Å². The SMILES string of the molecule is Cc1ncc2n1CCC(C(=O)N(CCS(C)(=O)=O)C1CC1)C2. The van der Waals surface area contributed by atoms with Crippen LogP contribution in [0.4, 0.5) is 0 Å². The van der Waals surface area contributed by atoms with Crippen molar-refractivity contribution in [2.24, 2.45) is 5.92 Å². The summed E-state index contributed by atoms with van der Waals surface area (Å²) in [6, 6.07) is 0.253. The maximum absolute atomic E-state index is 12.8. The number of carbonyl (C=O) groups is 1. The number of amides is 1. The third-order valence-corrected chi connectivity index (χ3v) is 5.54. The van der Waals surface area contributed by atoms with Crippen LogP contribution in [0.25, 0.3) is 0 Å². The molecule has 1 fully saturated rings. The van der Waals surface area contributed by atoms with Gasteiger partial charge in [-0.3, -0.25) is 4.79 Å². The van der Waals surface area contributed by atoms with Gasteiger partial charge in [0.15, 0.2) is 0 Å². The first kappa shape index (κ1) is 15.5. The Morgan fingerprint density at radius 3 is 2.77 bits per heavy atom. The second-order valence-corrected chi connectivity index (χ2v) is 8.79.